The van der Waals surface area contributed by atoms with Gasteiger partial charge in [0.15, 0.2) is 5.78 Å². The molecule has 2 heterocycles. The number of carbonyl (C=O) groups excluding carboxylic acids is 4. The molecule has 3 aromatic rings. The minimum Gasteiger partial charge on any atom is -0.490 e. The van der Waals surface area contributed by atoms with Crippen LogP contribution in [0.3, 0.4) is 0 Å². The first-order valence-electron chi connectivity index (χ1n) is 21.5. The topological polar surface area (TPSA) is 163 Å². The quantitative estimate of drug-likeness (QED) is 0.0802. The Hall–Kier alpha value is -4.76. The van der Waals surface area contributed by atoms with E-state index in [-0.39, 0.29) is 47.7 Å². The molecule has 14 nitrogen and oxygen atoms in total. The molecule has 0 spiro atoms. The van der Waals surface area contributed by atoms with E-state index in [0.717, 1.165) is 37.9 Å². The van der Waals surface area contributed by atoms with Gasteiger partial charge in [0.25, 0.3) is 0 Å². The molecule has 0 bridgehead atoms. The lowest BCUT2D eigenvalue weighted by molar-refractivity contribution is -0.135. The summed E-state index contributed by atoms with van der Waals surface area (Å²) >= 11 is 0. The van der Waals surface area contributed by atoms with Crippen molar-refractivity contribution in [2.24, 2.45) is 5.92 Å². The van der Waals surface area contributed by atoms with Crippen molar-refractivity contribution in [2.75, 3.05) is 78.4 Å². The van der Waals surface area contributed by atoms with Gasteiger partial charge >= 0.3 is 12.1 Å². The predicted octanol–water partition coefficient (Wildman–Crippen LogP) is 6.08. The third-order valence-electron chi connectivity index (χ3n) is 11.1. The summed E-state index contributed by atoms with van der Waals surface area (Å²) in [6.45, 7) is 22.0. The first kappa shape index (κ1) is 47.9. The summed E-state index contributed by atoms with van der Waals surface area (Å²) in [5, 5.41) is 20.2. The maximum atomic E-state index is 13.7. The van der Waals surface area contributed by atoms with Crippen molar-refractivity contribution >= 4 is 40.3 Å². The number of nitrogens with one attached hydrogen (secondary N) is 4. The number of ether oxygens (including phenoxy) is 1. The van der Waals surface area contributed by atoms with Gasteiger partial charge in [-0.25, -0.2) is 9.59 Å². The average molecular weight is 831 g/mol. The number of fused-ring (bicyclic) bond motifs is 2. The molecule has 60 heavy (non-hydrogen) atoms. The number of amides is 5. The van der Waals surface area contributed by atoms with Crippen molar-refractivity contribution in [3.63, 3.8) is 0 Å². The van der Waals surface area contributed by atoms with Crippen molar-refractivity contribution in [1.29, 1.82) is 0 Å². The summed E-state index contributed by atoms with van der Waals surface area (Å²) in [7, 11) is 4.01. The number of piperidine rings is 1. The van der Waals surface area contributed by atoms with E-state index in [1.807, 2.05) is 61.7 Å². The second-order valence-corrected chi connectivity index (χ2v) is 17.1. The van der Waals surface area contributed by atoms with E-state index in [1.165, 1.54) is 28.3 Å². The first-order chi connectivity index (χ1) is 28.5. The number of hydrogen-bond acceptors (Lipinski definition) is 9. The molecule has 1 aliphatic carbocycles. The van der Waals surface area contributed by atoms with E-state index in [1.54, 1.807) is 23.1 Å². The second-order valence-electron chi connectivity index (χ2n) is 17.1. The highest BCUT2D eigenvalue weighted by atomic mass is 16.5. The molecule has 5 N–H and O–H groups in total. The number of anilines is 1. The molecule has 1 aromatic heterocycles. The van der Waals surface area contributed by atoms with Gasteiger partial charge in [-0.3, -0.25) is 19.4 Å². The van der Waals surface area contributed by atoms with Gasteiger partial charge in [0.1, 0.15) is 18.5 Å². The summed E-state index contributed by atoms with van der Waals surface area (Å²) in [4.78, 5) is 61.7. The number of imide groups is 1. The molecule has 14 heteroatoms. The fraction of sp³-hybridized carbons (Fsp3) is 0.565. The lowest BCUT2D eigenvalue weighted by Gasteiger charge is -2.47. The Balaban J connectivity index is 0.000000271. The smallest absolute Gasteiger partial charge is 0.324 e. The maximum absolute atomic E-state index is 13.7. The maximum Gasteiger partial charge on any atom is 0.324 e. The first-order valence-corrected chi connectivity index (χ1v) is 21.5. The van der Waals surface area contributed by atoms with Crippen molar-refractivity contribution in [3.05, 3.63) is 71.9 Å². The van der Waals surface area contributed by atoms with E-state index in [2.05, 4.69) is 61.7 Å². The fourth-order valence-electron chi connectivity index (χ4n) is 8.07. The largest absolute Gasteiger partial charge is 0.490 e. The zero-order valence-electron chi connectivity index (χ0n) is 37.4. The highest BCUT2D eigenvalue weighted by Crippen LogP contribution is 2.45. The van der Waals surface area contributed by atoms with Gasteiger partial charge in [-0.2, -0.15) is 0 Å². The van der Waals surface area contributed by atoms with Crippen molar-refractivity contribution in [1.82, 2.24) is 35.2 Å². The zero-order chi connectivity index (χ0) is 44.1. The number of rotatable bonds is 17. The normalized spacial score (nSPS) is 17.8. The molecule has 5 amide bonds. The van der Waals surface area contributed by atoms with Gasteiger partial charge in [-0.15, -0.1) is 6.58 Å². The summed E-state index contributed by atoms with van der Waals surface area (Å²) in [6, 6.07) is 11.2. The number of carbonyl (C=O) groups is 4. The van der Waals surface area contributed by atoms with Gasteiger partial charge < -0.3 is 40.6 Å². The van der Waals surface area contributed by atoms with Gasteiger partial charge in [0.05, 0.1) is 11.5 Å². The SMILES string of the molecule is C=CCN1C[C@H](C(=O)N(CCCN(C)C)C(=O)NCC)C[C@@H]2c3cccc4[nH]cc(c34)C[C@H]21.CCN(CC)C(=O)Nc1ccc(OCC(O)CNC(C)(C)C)c(C(C)=O)c1. The standard InChI is InChI=1S/C26H37N5O2.C20H33N3O4/c1-5-11-30-17-19(25(32)31(26(33)27-6-2)13-8-12-29(3)4)14-21-20-9-7-10-22-24(20)18(16-28-22)15-23(21)30;1-7-23(8-2)19(26)22-15-9-10-18(17(11-15)14(3)24)27-13-16(25)12-21-20(4,5)6/h5,7,9-10,16,19,21,23,28H,1,6,8,11-15,17H2,2-4H3,(H,27,33);9-11,16,21,25H,7-8,12-13H2,1-6H3,(H,22,26)/t19-,21-,23-;/m1./s1. The number of aromatic amines is 1. The molecule has 0 saturated carbocycles. The molecule has 2 aliphatic rings. The molecule has 1 aliphatic heterocycles. The minimum absolute atomic E-state index is 0.0562. The molecule has 1 saturated heterocycles. The van der Waals surface area contributed by atoms with Crippen LogP contribution < -0.4 is 20.7 Å². The highest BCUT2D eigenvalue weighted by Gasteiger charge is 2.44. The molecule has 330 valence electrons. The number of ketones is 1. The van der Waals surface area contributed by atoms with Gasteiger partial charge in [0.2, 0.25) is 5.91 Å². The third kappa shape index (κ3) is 12.9. The van der Waals surface area contributed by atoms with E-state index in [9.17, 15) is 24.3 Å². The van der Waals surface area contributed by atoms with E-state index in [0.29, 0.717) is 62.3 Å². The number of hydrogen-bond donors (Lipinski definition) is 5. The summed E-state index contributed by atoms with van der Waals surface area (Å²) < 4.78 is 5.64. The van der Waals surface area contributed by atoms with Crippen molar-refractivity contribution in [3.8, 4) is 5.75 Å². The molecule has 0 radical (unpaired) electrons. The molecule has 1 unspecified atom stereocenters. The Morgan fingerprint density at radius 2 is 1.80 bits per heavy atom. The highest BCUT2D eigenvalue weighted by molar-refractivity contribution is 5.99. The lowest BCUT2D eigenvalue weighted by atomic mass is 9.72. The average Bonchev–Trinajstić information content (AvgIpc) is 3.62. The Labute approximate surface area is 357 Å². The molecular weight excluding hydrogens is 761 g/mol. The molecular formula is C46H70N8O6. The monoisotopic (exact) mass is 831 g/mol. The Bertz CT molecular complexity index is 1920. The number of urea groups is 2. The predicted molar refractivity (Wildman–Crippen MR) is 240 cm³/mol. The Morgan fingerprint density at radius 1 is 1.07 bits per heavy atom. The minimum atomic E-state index is -0.703. The van der Waals surface area contributed by atoms with Crippen LogP contribution >= 0.6 is 0 Å². The summed E-state index contributed by atoms with van der Waals surface area (Å²) in [5.41, 5.74) is 4.63. The summed E-state index contributed by atoms with van der Waals surface area (Å²) in [5.74, 6) is 0.199. The number of aliphatic hydroxyl groups excluding tert-OH is 1. The third-order valence-corrected chi connectivity index (χ3v) is 11.1. The van der Waals surface area contributed by atoms with Crippen LogP contribution in [0.1, 0.15) is 88.7 Å². The lowest BCUT2D eigenvalue weighted by Crippen LogP contribution is -2.55. The fourth-order valence-corrected chi connectivity index (χ4v) is 8.07. The molecule has 5 rings (SSSR count). The van der Waals surface area contributed by atoms with Crippen LogP contribution in [-0.4, -0.2) is 144 Å². The number of nitrogens with zero attached hydrogens (tertiary/aromatic N) is 4. The van der Waals surface area contributed by atoms with Crippen LogP contribution in [0.5, 0.6) is 5.75 Å². The zero-order valence-corrected chi connectivity index (χ0v) is 37.4. The van der Waals surface area contributed by atoms with E-state index >= 15 is 0 Å². The number of aliphatic hydroxyl groups is 1. The number of likely N-dealkylation sites (tertiary alicyclic amines) is 1. The Kier molecular flexibility index (Phi) is 17.7. The van der Waals surface area contributed by atoms with E-state index in [4.69, 9.17) is 4.74 Å². The Morgan fingerprint density at radius 3 is 2.43 bits per heavy atom. The van der Waals surface area contributed by atoms with Crippen LogP contribution in [0.4, 0.5) is 15.3 Å². The second kappa shape index (κ2) is 22.2. The number of β-amino-alcohol motifs (C(OH)–C–C–N with tert-alkyl or cyclic N) is 1. The van der Waals surface area contributed by atoms with Crippen LogP contribution in [-0.2, 0) is 11.2 Å². The molecule has 1 fully saturated rings. The van der Waals surface area contributed by atoms with Crippen molar-refractivity contribution in [2.45, 2.75) is 91.3 Å². The van der Waals surface area contributed by atoms with Crippen LogP contribution in [0, 0.1) is 5.92 Å². The summed E-state index contributed by atoms with van der Waals surface area (Å²) in [6.07, 6.45) is 5.86. The van der Waals surface area contributed by atoms with Crippen LogP contribution in [0.2, 0.25) is 0 Å². The number of benzene rings is 2. The van der Waals surface area contributed by atoms with Gasteiger partial charge in [-0.05, 0) is 124 Å². The van der Waals surface area contributed by atoms with Gasteiger partial charge in [0, 0.05) is 86.1 Å². The number of H-pyrrole nitrogens is 1. The van der Waals surface area contributed by atoms with Gasteiger partial charge in [-0.1, -0.05) is 18.2 Å². The molecule has 2 aromatic carbocycles. The van der Waals surface area contributed by atoms with Crippen LogP contribution in [0.25, 0.3) is 10.9 Å². The molecule has 4 atom stereocenters. The number of Topliss-reactive ketones (excluding diaryl/α,β-unsaturated/α-hetero) is 1. The number of aromatic nitrogens is 1. The van der Waals surface area contributed by atoms with Crippen molar-refractivity contribution < 1.29 is 29.0 Å². The van der Waals surface area contributed by atoms with Crippen LogP contribution in [0.15, 0.2) is 55.3 Å². The van der Waals surface area contributed by atoms with E-state index < -0.39 is 6.10 Å².